The number of aryl methyl sites for hydroxylation is 1. The summed E-state index contributed by atoms with van der Waals surface area (Å²) in [5.41, 5.74) is 2.59. The molecule has 1 atom stereocenters. The fourth-order valence-corrected chi connectivity index (χ4v) is 2.28. The van der Waals surface area contributed by atoms with Crippen LogP contribution in [-0.2, 0) is 0 Å². The topological polar surface area (TPSA) is 67.1 Å². The number of nitrogens with one attached hydrogen (secondary N) is 1. The van der Waals surface area contributed by atoms with E-state index in [1.54, 1.807) is 0 Å². The number of nitrogens with zero attached hydrogens (tertiary/aromatic N) is 3. The summed E-state index contributed by atoms with van der Waals surface area (Å²) in [4.78, 5) is 11.0. The molecule has 1 aromatic heterocycles. The van der Waals surface area contributed by atoms with E-state index in [2.05, 4.69) is 27.2 Å². The summed E-state index contributed by atoms with van der Waals surface area (Å²) in [6.45, 7) is 6.36. The van der Waals surface area contributed by atoms with Crippen molar-refractivity contribution in [3.05, 3.63) is 11.9 Å². The first-order valence-corrected chi connectivity index (χ1v) is 6.26. The van der Waals surface area contributed by atoms with Crippen molar-refractivity contribution in [1.82, 2.24) is 9.97 Å². The molecule has 0 radical (unpaired) electrons. The first-order valence-electron chi connectivity index (χ1n) is 6.26. The van der Waals surface area contributed by atoms with Crippen molar-refractivity contribution in [2.24, 2.45) is 11.8 Å². The number of anilines is 2. The molecule has 1 aliphatic heterocycles. The van der Waals surface area contributed by atoms with Crippen molar-refractivity contribution in [1.29, 1.82) is 0 Å². The summed E-state index contributed by atoms with van der Waals surface area (Å²) >= 11 is 0. The number of hydrogen-bond donors (Lipinski definition) is 2. The summed E-state index contributed by atoms with van der Waals surface area (Å²) in [7, 11) is 0. The Morgan fingerprint density at radius 2 is 2.18 bits per heavy atom. The van der Waals surface area contributed by atoms with Gasteiger partial charge in [0.2, 0.25) is 0 Å². The standard InChI is InChI=1S/C12H21N5/c1-9-4-3-6-17(7-5-9)12-8-11(16-13)14-10(2)15-12/h8-9H,3-7,13H2,1-2H3,(H,14,15,16). The maximum atomic E-state index is 5.41. The molecule has 1 saturated heterocycles. The third kappa shape index (κ3) is 3.06. The molecular formula is C12H21N5. The van der Waals surface area contributed by atoms with Gasteiger partial charge >= 0.3 is 0 Å². The van der Waals surface area contributed by atoms with Crippen LogP contribution in [0.5, 0.6) is 0 Å². The average molecular weight is 235 g/mol. The highest BCUT2D eigenvalue weighted by Crippen LogP contribution is 2.22. The predicted molar refractivity (Wildman–Crippen MR) is 69.8 cm³/mol. The third-order valence-electron chi connectivity index (χ3n) is 3.31. The lowest BCUT2D eigenvalue weighted by atomic mass is 10.0. The second-order valence-electron chi connectivity index (χ2n) is 4.83. The first-order chi connectivity index (χ1) is 8.19. The average Bonchev–Trinajstić information content (AvgIpc) is 2.53. The van der Waals surface area contributed by atoms with Crippen LogP contribution < -0.4 is 16.2 Å². The second kappa shape index (κ2) is 5.31. The van der Waals surface area contributed by atoms with Gasteiger partial charge in [-0.05, 0) is 32.1 Å². The number of nitrogens with two attached hydrogens (primary N) is 1. The Balaban J connectivity index is 2.17. The quantitative estimate of drug-likeness (QED) is 0.603. The number of nitrogen functional groups attached to an aromatic ring is 1. The van der Waals surface area contributed by atoms with Gasteiger partial charge in [0.15, 0.2) is 0 Å². The van der Waals surface area contributed by atoms with E-state index in [0.29, 0.717) is 5.82 Å². The van der Waals surface area contributed by atoms with Gasteiger partial charge in [-0.15, -0.1) is 0 Å². The molecule has 2 rings (SSSR count). The molecule has 2 heterocycles. The molecule has 0 aliphatic carbocycles. The molecule has 0 saturated carbocycles. The molecule has 0 aromatic carbocycles. The van der Waals surface area contributed by atoms with Crippen molar-refractivity contribution < 1.29 is 0 Å². The maximum absolute atomic E-state index is 5.41. The molecule has 17 heavy (non-hydrogen) atoms. The Kier molecular flexibility index (Phi) is 3.78. The maximum Gasteiger partial charge on any atom is 0.145 e. The van der Waals surface area contributed by atoms with E-state index in [4.69, 9.17) is 5.84 Å². The molecule has 5 nitrogen and oxygen atoms in total. The van der Waals surface area contributed by atoms with Gasteiger partial charge in [-0.2, -0.15) is 0 Å². The summed E-state index contributed by atoms with van der Waals surface area (Å²) in [6, 6.07) is 1.92. The third-order valence-corrected chi connectivity index (χ3v) is 3.31. The monoisotopic (exact) mass is 235 g/mol. The van der Waals surface area contributed by atoms with Crippen molar-refractivity contribution in [2.45, 2.75) is 33.1 Å². The van der Waals surface area contributed by atoms with Crippen molar-refractivity contribution >= 4 is 11.6 Å². The van der Waals surface area contributed by atoms with E-state index in [9.17, 15) is 0 Å². The summed E-state index contributed by atoms with van der Waals surface area (Å²) in [6.07, 6.45) is 3.77. The lowest BCUT2D eigenvalue weighted by Crippen LogP contribution is -2.26. The molecule has 0 bridgehead atoms. The Bertz CT molecular complexity index is 379. The summed E-state index contributed by atoms with van der Waals surface area (Å²) in [5, 5.41) is 0. The molecule has 1 aromatic rings. The zero-order chi connectivity index (χ0) is 12.3. The van der Waals surface area contributed by atoms with Gasteiger partial charge in [-0.1, -0.05) is 6.92 Å². The van der Waals surface area contributed by atoms with Crippen LogP contribution in [0.15, 0.2) is 6.07 Å². The molecule has 3 N–H and O–H groups in total. The van der Waals surface area contributed by atoms with Gasteiger partial charge in [0.05, 0.1) is 0 Å². The van der Waals surface area contributed by atoms with E-state index in [1.807, 2.05) is 13.0 Å². The fourth-order valence-electron chi connectivity index (χ4n) is 2.28. The number of aromatic nitrogens is 2. The molecule has 94 valence electrons. The largest absolute Gasteiger partial charge is 0.356 e. The molecule has 1 unspecified atom stereocenters. The van der Waals surface area contributed by atoms with Crippen LogP contribution in [-0.4, -0.2) is 23.1 Å². The molecule has 1 fully saturated rings. The van der Waals surface area contributed by atoms with E-state index < -0.39 is 0 Å². The zero-order valence-electron chi connectivity index (χ0n) is 10.6. The second-order valence-corrected chi connectivity index (χ2v) is 4.83. The van der Waals surface area contributed by atoms with Crippen molar-refractivity contribution in [3.8, 4) is 0 Å². The van der Waals surface area contributed by atoms with E-state index in [0.717, 1.165) is 30.6 Å². The summed E-state index contributed by atoms with van der Waals surface area (Å²) in [5.74, 6) is 8.65. The van der Waals surface area contributed by atoms with Crippen LogP contribution in [0.3, 0.4) is 0 Å². The Hall–Kier alpha value is -1.36. The molecular weight excluding hydrogens is 214 g/mol. The van der Waals surface area contributed by atoms with Crippen LogP contribution in [0.2, 0.25) is 0 Å². The SMILES string of the molecule is Cc1nc(NN)cc(N2CCCC(C)CC2)n1. The lowest BCUT2D eigenvalue weighted by molar-refractivity contribution is 0.521. The van der Waals surface area contributed by atoms with Gasteiger partial charge in [0.25, 0.3) is 0 Å². The fraction of sp³-hybridized carbons (Fsp3) is 0.667. The highest BCUT2D eigenvalue weighted by atomic mass is 15.3. The minimum absolute atomic E-state index is 0.685. The first kappa shape index (κ1) is 12.1. The van der Waals surface area contributed by atoms with Crippen LogP contribution in [0.4, 0.5) is 11.6 Å². The zero-order valence-corrected chi connectivity index (χ0v) is 10.6. The number of hydrogen-bond acceptors (Lipinski definition) is 5. The van der Waals surface area contributed by atoms with Crippen LogP contribution in [0, 0.1) is 12.8 Å². The van der Waals surface area contributed by atoms with Crippen LogP contribution in [0.25, 0.3) is 0 Å². The van der Waals surface area contributed by atoms with E-state index in [-0.39, 0.29) is 0 Å². The summed E-state index contributed by atoms with van der Waals surface area (Å²) < 4.78 is 0. The predicted octanol–water partition coefficient (Wildman–Crippen LogP) is 1.70. The highest BCUT2D eigenvalue weighted by Gasteiger charge is 2.15. The Morgan fingerprint density at radius 3 is 2.94 bits per heavy atom. The van der Waals surface area contributed by atoms with Gasteiger partial charge in [-0.25, -0.2) is 15.8 Å². The Morgan fingerprint density at radius 1 is 1.35 bits per heavy atom. The molecule has 1 aliphatic rings. The highest BCUT2D eigenvalue weighted by molar-refractivity contribution is 5.48. The number of rotatable bonds is 2. The van der Waals surface area contributed by atoms with Crippen molar-refractivity contribution in [3.63, 3.8) is 0 Å². The number of hydrazine groups is 1. The molecule has 0 spiro atoms. The van der Waals surface area contributed by atoms with E-state index >= 15 is 0 Å². The minimum Gasteiger partial charge on any atom is -0.356 e. The van der Waals surface area contributed by atoms with E-state index in [1.165, 1.54) is 19.3 Å². The van der Waals surface area contributed by atoms with Crippen molar-refractivity contribution in [2.75, 3.05) is 23.4 Å². The lowest BCUT2D eigenvalue weighted by Gasteiger charge is -2.22. The molecule has 0 amide bonds. The van der Waals surface area contributed by atoms with Gasteiger partial charge < -0.3 is 10.3 Å². The normalized spacial score (nSPS) is 21.1. The minimum atomic E-state index is 0.685. The van der Waals surface area contributed by atoms with Gasteiger partial charge in [0.1, 0.15) is 17.5 Å². The van der Waals surface area contributed by atoms with Crippen LogP contribution in [0.1, 0.15) is 32.0 Å². The van der Waals surface area contributed by atoms with Gasteiger partial charge in [0, 0.05) is 19.2 Å². The molecule has 5 heteroatoms. The van der Waals surface area contributed by atoms with Gasteiger partial charge in [-0.3, -0.25) is 0 Å². The Labute approximate surface area is 102 Å². The smallest absolute Gasteiger partial charge is 0.145 e. The van der Waals surface area contributed by atoms with Crippen LogP contribution >= 0.6 is 0 Å².